The zero-order chi connectivity index (χ0) is 19.0. The minimum atomic E-state index is -1.16. The van der Waals surface area contributed by atoms with Crippen LogP contribution in [-0.2, 0) is 19.2 Å². The summed E-state index contributed by atoms with van der Waals surface area (Å²) in [7, 11) is 1.28. The summed E-state index contributed by atoms with van der Waals surface area (Å²) in [4.78, 5) is 46.2. The van der Waals surface area contributed by atoms with Gasteiger partial charge in [0.15, 0.2) is 10.8 Å². The number of nitrogens with two attached hydrogens (primary N) is 1. The Hall–Kier alpha value is -2.31. The number of rotatable bonds is 5. The van der Waals surface area contributed by atoms with Crippen LogP contribution in [0.25, 0.3) is 0 Å². The lowest BCUT2D eigenvalue weighted by atomic mass is 10.0. The van der Waals surface area contributed by atoms with Crippen LogP contribution in [-0.4, -0.2) is 62.8 Å². The molecule has 2 aliphatic rings. The average Bonchev–Trinajstić information content (AvgIpc) is 3.02. The number of nitrogens with zero attached hydrogens (tertiary/aromatic N) is 3. The molecule has 2 atom stereocenters. The smallest absolute Gasteiger partial charge is 0.352 e. The molecule has 1 aromatic rings. The molecule has 4 N–H and O–H groups in total. The number of hydrogen-bond donors (Lipinski definition) is 3. The maximum Gasteiger partial charge on any atom is 0.352 e. The van der Waals surface area contributed by atoms with Crippen LogP contribution in [0.5, 0.6) is 0 Å². The van der Waals surface area contributed by atoms with Crippen molar-refractivity contribution in [1.82, 2.24) is 15.2 Å². The number of oxime groups is 1. The van der Waals surface area contributed by atoms with Crippen LogP contribution in [0.3, 0.4) is 0 Å². The van der Waals surface area contributed by atoms with E-state index in [0.29, 0.717) is 11.3 Å². The summed E-state index contributed by atoms with van der Waals surface area (Å²) in [5.74, 6) is -1.84. The van der Waals surface area contributed by atoms with E-state index in [1.54, 1.807) is 12.3 Å². The first kappa shape index (κ1) is 21.0. The lowest BCUT2D eigenvalue weighted by Crippen LogP contribution is -2.71. The summed E-state index contributed by atoms with van der Waals surface area (Å²) in [6.07, 6.45) is 0. The van der Waals surface area contributed by atoms with Gasteiger partial charge in [-0.25, -0.2) is 9.78 Å². The lowest BCUT2D eigenvalue weighted by molar-refractivity contribution is -0.150. The van der Waals surface area contributed by atoms with Crippen molar-refractivity contribution in [2.75, 3.05) is 18.6 Å². The molecule has 0 unspecified atom stereocenters. The fourth-order valence-corrected chi connectivity index (χ4v) is 4.52. The first-order valence-electron chi connectivity index (χ1n) is 7.36. The third-order valence-corrected chi connectivity index (χ3v) is 5.91. The van der Waals surface area contributed by atoms with Gasteiger partial charge in [0.1, 0.15) is 29.9 Å². The number of hydrogen-bond acceptors (Lipinski definition) is 9. The van der Waals surface area contributed by atoms with Crippen molar-refractivity contribution < 1.29 is 24.3 Å². The average molecular weight is 434 g/mol. The Morgan fingerprint density at radius 1 is 1.52 bits per heavy atom. The number of β-lactam (4-membered cyclic amide) rings is 1. The number of carboxylic acids is 1. The predicted molar refractivity (Wildman–Crippen MR) is 103 cm³/mol. The Bertz CT molecular complexity index is 855. The monoisotopic (exact) mass is 433 g/mol. The molecule has 1 saturated heterocycles. The molecular weight excluding hydrogens is 418 g/mol. The van der Waals surface area contributed by atoms with Crippen molar-refractivity contribution in [3.05, 3.63) is 22.3 Å². The van der Waals surface area contributed by atoms with E-state index in [-0.39, 0.29) is 34.6 Å². The van der Waals surface area contributed by atoms with Crippen LogP contribution >= 0.6 is 35.5 Å². The highest BCUT2D eigenvalue weighted by molar-refractivity contribution is 8.00. The number of carboxylic acid groups (broad SMARTS) is 1. The van der Waals surface area contributed by atoms with Crippen LogP contribution < -0.4 is 11.1 Å². The van der Waals surface area contributed by atoms with E-state index in [1.165, 1.54) is 23.8 Å². The maximum atomic E-state index is 12.5. The minimum absolute atomic E-state index is 0. The third-order valence-electron chi connectivity index (χ3n) is 3.81. The molecule has 1 aromatic heterocycles. The van der Waals surface area contributed by atoms with Gasteiger partial charge < -0.3 is 21.0 Å². The zero-order valence-corrected chi connectivity index (χ0v) is 16.6. The number of carbonyl (C=O) groups is 3. The highest BCUT2D eigenvalue weighted by atomic mass is 35.5. The number of anilines is 1. The van der Waals surface area contributed by atoms with Gasteiger partial charge in [0, 0.05) is 11.1 Å². The molecule has 2 amide bonds. The number of nitrogen functional groups attached to an aromatic ring is 1. The molecule has 13 heteroatoms. The molecule has 0 spiro atoms. The molecule has 0 saturated carbocycles. The van der Waals surface area contributed by atoms with Gasteiger partial charge in [-0.15, -0.1) is 35.5 Å². The number of carbonyl (C=O) groups excluding carboxylic acids is 2. The Morgan fingerprint density at radius 3 is 2.78 bits per heavy atom. The van der Waals surface area contributed by atoms with E-state index in [1.807, 2.05) is 0 Å². The maximum absolute atomic E-state index is 12.5. The zero-order valence-electron chi connectivity index (χ0n) is 14.2. The first-order valence-corrected chi connectivity index (χ1v) is 9.29. The van der Waals surface area contributed by atoms with Crippen molar-refractivity contribution in [3.8, 4) is 0 Å². The van der Waals surface area contributed by atoms with E-state index in [2.05, 4.69) is 20.3 Å². The van der Waals surface area contributed by atoms with E-state index >= 15 is 0 Å². The van der Waals surface area contributed by atoms with Gasteiger partial charge in [-0.1, -0.05) is 5.16 Å². The number of thiazole rings is 1. The Labute approximate surface area is 168 Å². The number of fused-ring (bicyclic) bond motifs is 1. The van der Waals surface area contributed by atoms with Crippen LogP contribution in [0.4, 0.5) is 5.13 Å². The number of nitrogens with one attached hydrogen (secondary N) is 1. The second kappa shape index (κ2) is 8.15. The van der Waals surface area contributed by atoms with Gasteiger partial charge in [0.25, 0.3) is 11.8 Å². The molecule has 2 aliphatic heterocycles. The molecular formula is C14H16ClN5O5S2. The number of halogens is 1. The van der Waals surface area contributed by atoms with Crippen LogP contribution in [0.1, 0.15) is 12.6 Å². The van der Waals surface area contributed by atoms with Crippen LogP contribution in [0.2, 0.25) is 0 Å². The van der Waals surface area contributed by atoms with Crippen molar-refractivity contribution in [1.29, 1.82) is 0 Å². The van der Waals surface area contributed by atoms with Gasteiger partial charge in [-0.3, -0.25) is 14.5 Å². The quantitative estimate of drug-likeness (QED) is 0.340. The minimum Gasteiger partial charge on any atom is -0.477 e. The lowest BCUT2D eigenvalue weighted by Gasteiger charge is -2.49. The molecule has 0 radical (unpaired) electrons. The number of amides is 2. The van der Waals surface area contributed by atoms with Crippen molar-refractivity contribution in [2.45, 2.75) is 18.3 Å². The third kappa shape index (κ3) is 3.73. The predicted octanol–water partition coefficient (Wildman–Crippen LogP) is 0.256. The van der Waals surface area contributed by atoms with E-state index in [9.17, 15) is 19.5 Å². The molecule has 1 fully saturated rings. The topological polar surface area (TPSA) is 147 Å². The van der Waals surface area contributed by atoms with Crippen LogP contribution in [0.15, 0.2) is 21.8 Å². The summed E-state index contributed by atoms with van der Waals surface area (Å²) >= 11 is 2.52. The molecule has 10 nitrogen and oxygen atoms in total. The Morgan fingerprint density at radius 2 is 2.22 bits per heavy atom. The molecule has 27 heavy (non-hydrogen) atoms. The van der Waals surface area contributed by atoms with E-state index < -0.39 is 29.2 Å². The van der Waals surface area contributed by atoms with Crippen LogP contribution in [0, 0.1) is 0 Å². The van der Waals surface area contributed by atoms with Gasteiger partial charge >= 0.3 is 5.97 Å². The molecule has 0 aromatic carbocycles. The molecule has 0 bridgehead atoms. The molecule has 0 aliphatic carbocycles. The fraction of sp³-hybridized carbons (Fsp3) is 0.357. The summed E-state index contributed by atoms with van der Waals surface area (Å²) < 4.78 is 0. The molecule has 146 valence electrons. The van der Waals surface area contributed by atoms with Crippen molar-refractivity contribution in [2.24, 2.45) is 5.16 Å². The van der Waals surface area contributed by atoms with Gasteiger partial charge in [-0.2, -0.15) is 0 Å². The van der Waals surface area contributed by atoms with Gasteiger partial charge in [0.05, 0.1) is 0 Å². The molecule has 3 rings (SSSR count). The SMILES string of the molecule is CO/N=C(\C(=O)N[C@@H]1C(=O)N2C(C(=O)O)=C(C)CS[C@H]12)c1csc(N)n1.Cl. The Balaban J connectivity index is 0.00000261. The second-order valence-electron chi connectivity index (χ2n) is 5.49. The largest absolute Gasteiger partial charge is 0.477 e. The Kier molecular flexibility index (Phi) is 6.34. The highest BCUT2D eigenvalue weighted by Gasteiger charge is 2.54. The summed E-state index contributed by atoms with van der Waals surface area (Å²) in [6.45, 7) is 1.67. The summed E-state index contributed by atoms with van der Waals surface area (Å²) in [5.41, 5.74) is 6.27. The number of aliphatic carboxylic acids is 1. The number of aromatic nitrogens is 1. The number of thioether (sulfide) groups is 1. The summed E-state index contributed by atoms with van der Waals surface area (Å²) in [5, 5.41) is 16.9. The first-order chi connectivity index (χ1) is 12.3. The molecule has 3 heterocycles. The normalized spacial score (nSPS) is 21.8. The standard InChI is InChI=1S/C14H15N5O5S2.ClH/c1-5-3-25-12-8(11(21)19(12)9(5)13(22)23)17-10(20)7(18-24-2)6-4-26-14(15)16-6;/h4,8,12H,3H2,1-2H3,(H2,15,16)(H,17,20)(H,22,23);1H/b18-7-;/t8-,12-;/m1./s1. The summed E-state index contributed by atoms with van der Waals surface area (Å²) in [6, 6.07) is -0.854. The van der Waals surface area contributed by atoms with E-state index in [4.69, 9.17) is 5.73 Å². The van der Waals surface area contributed by atoms with E-state index in [0.717, 1.165) is 11.3 Å². The second-order valence-corrected chi connectivity index (χ2v) is 7.48. The highest BCUT2D eigenvalue weighted by Crippen LogP contribution is 2.40. The van der Waals surface area contributed by atoms with Gasteiger partial charge in [0.2, 0.25) is 0 Å². The van der Waals surface area contributed by atoms with Crippen molar-refractivity contribution in [3.63, 3.8) is 0 Å². The van der Waals surface area contributed by atoms with Gasteiger partial charge in [-0.05, 0) is 12.5 Å². The van der Waals surface area contributed by atoms with Crippen molar-refractivity contribution >= 4 is 64.1 Å². The fourth-order valence-electron chi connectivity index (χ4n) is 2.68.